The number of nitrogens with zero attached hydrogens (tertiary/aromatic N) is 2. The molecule has 0 bridgehead atoms. The Morgan fingerprint density at radius 3 is 2.68 bits per heavy atom. The summed E-state index contributed by atoms with van der Waals surface area (Å²) in [5.74, 6) is 0.699. The summed E-state index contributed by atoms with van der Waals surface area (Å²) in [6.45, 7) is 0.402. The van der Waals surface area contributed by atoms with E-state index < -0.39 is 0 Å². The van der Waals surface area contributed by atoms with Crippen LogP contribution >= 0.6 is 11.6 Å². The number of aliphatic imine (C=N–C) groups is 1. The van der Waals surface area contributed by atoms with E-state index in [4.69, 9.17) is 21.6 Å². The van der Waals surface area contributed by atoms with Gasteiger partial charge in [-0.1, -0.05) is 23.7 Å². The van der Waals surface area contributed by atoms with Gasteiger partial charge < -0.3 is 4.74 Å². The highest BCUT2D eigenvalue weighted by molar-refractivity contribution is 6.30. The van der Waals surface area contributed by atoms with E-state index in [1.165, 1.54) is 0 Å². The second kappa shape index (κ2) is 4.75. The van der Waals surface area contributed by atoms with Gasteiger partial charge in [-0.05, 0) is 29.8 Å². The molecule has 4 heteroatoms. The van der Waals surface area contributed by atoms with Gasteiger partial charge in [-0.3, -0.25) is 0 Å². The number of hydrogen-bond acceptors (Lipinski definition) is 3. The van der Waals surface area contributed by atoms with Crippen LogP contribution in [0.2, 0.25) is 5.02 Å². The van der Waals surface area contributed by atoms with Gasteiger partial charge in [0.25, 0.3) is 0 Å². The molecule has 0 atom stereocenters. The molecule has 3 nitrogen and oxygen atoms in total. The molecule has 0 saturated carbocycles. The number of nitriles is 1. The van der Waals surface area contributed by atoms with Crippen molar-refractivity contribution in [1.29, 1.82) is 5.26 Å². The van der Waals surface area contributed by atoms with Crippen molar-refractivity contribution < 1.29 is 4.74 Å². The van der Waals surface area contributed by atoms with E-state index in [2.05, 4.69) is 11.1 Å². The fourth-order valence-electron chi connectivity index (χ4n) is 1.90. The molecule has 1 heterocycles. The van der Waals surface area contributed by atoms with E-state index in [0.717, 1.165) is 17.0 Å². The van der Waals surface area contributed by atoms with Crippen molar-refractivity contribution in [3.8, 4) is 11.8 Å². The van der Waals surface area contributed by atoms with Gasteiger partial charge in [0.15, 0.2) is 0 Å². The average molecular weight is 269 g/mol. The Kier molecular flexibility index (Phi) is 2.94. The van der Waals surface area contributed by atoms with Crippen molar-refractivity contribution in [2.75, 3.05) is 6.61 Å². The quantitative estimate of drug-likeness (QED) is 0.791. The Balaban J connectivity index is 1.98. The summed E-state index contributed by atoms with van der Waals surface area (Å²) < 4.78 is 5.65. The zero-order chi connectivity index (χ0) is 13.2. The van der Waals surface area contributed by atoms with E-state index >= 15 is 0 Å². The lowest BCUT2D eigenvalue weighted by atomic mass is 10.1. The normalized spacial score (nSPS) is 12.9. The van der Waals surface area contributed by atoms with Crippen molar-refractivity contribution in [3.63, 3.8) is 0 Å². The maximum absolute atomic E-state index is 8.78. The van der Waals surface area contributed by atoms with Gasteiger partial charge in [-0.25, -0.2) is 4.99 Å². The molecule has 2 aromatic carbocycles. The maximum Gasteiger partial charge on any atom is 0.146 e. The molecular formula is C15H9ClN2O. The lowest BCUT2D eigenvalue weighted by Gasteiger charge is -2.17. The van der Waals surface area contributed by atoms with Gasteiger partial charge in [0.2, 0.25) is 0 Å². The molecule has 19 heavy (non-hydrogen) atoms. The molecule has 0 spiro atoms. The van der Waals surface area contributed by atoms with E-state index in [1.807, 2.05) is 18.2 Å². The second-order valence-electron chi connectivity index (χ2n) is 4.15. The standard InChI is InChI=1S/C15H9ClN2O/c16-12-5-6-13-15(7-12)19-9-14(18-13)11-3-1-10(8-17)2-4-11/h1-7H,9H2. The SMILES string of the molecule is N#Cc1ccc(C2=Nc3ccc(Cl)cc3OC2)cc1. The lowest BCUT2D eigenvalue weighted by molar-refractivity contribution is 0.373. The molecule has 3 rings (SSSR count). The minimum Gasteiger partial charge on any atom is -0.485 e. The summed E-state index contributed by atoms with van der Waals surface area (Å²) >= 11 is 5.90. The maximum atomic E-state index is 8.78. The highest BCUT2D eigenvalue weighted by Gasteiger charge is 2.14. The van der Waals surface area contributed by atoms with Crippen molar-refractivity contribution in [2.24, 2.45) is 4.99 Å². The molecule has 0 radical (unpaired) electrons. The molecule has 0 fully saturated rings. The molecule has 1 aliphatic heterocycles. The summed E-state index contributed by atoms with van der Waals surface area (Å²) in [6, 6.07) is 14.8. The van der Waals surface area contributed by atoms with Crippen molar-refractivity contribution in [3.05, 3.63) is 58.6 Å². The Hall–Kier alpha value is -2.31. The molecule has 0 aromatic heterocycles. The Morgan fingerprint density at radius 1 is 1.16 bits per heavy atom. The van der Waals surface area contributed by atoms with Crippen LogP contribution < -0.4 is 4.74 Å². The molecule has 2 aromatic rings. The van der Waals surface area contributed by atoms with E-state index in [-0.39, 0.29) is 0 Å². The second-order valence-corrected chi connectivity index (χ2v) is 4.58. The van der Waals surface area contributed by atoms with E-state index in [1.54, 1.807) is 24.3 Å². The molecule has 0 unspecified atom stereocenters. The highest BCUT2D eigenvalue weighted by atomic mass is 35.5. The first-order chi connectivity index (χ1) is 9.26. The third-order valence-corrected chi connectivity index (χ3v) is 3.12. The van der Waals surface area contributed by atoms with Crippen LogP contribution in [0.5, 0.6) is 5.75 Å². The number of halogens is 1. The van der Waals surface area contributed by atoms with Gasteiger partial charge in [-0.15, -0.1) is 0 Å². The van der Waals surface area contributed by atoms with Gasteiger partial charge in [0, 0.05) is 11.1 Å². The summed E-state index contributed by atoms with van der Waals surface area (Å²) in [7, 11) is 0. The van der Waals surface area contributed by atoms with Crippen LogP contribution in [0.4, 0.5) is 5.69 Å². The summed E-state index contributed by atoms with van der Waals surface area (Å²) in [4.78, 5) is 4.56. The number of hydrogen-bond donors (Lipinski definition) is 0. The van der Waals surface area contributed by atoms with E-state index in [9.17, 15) is 0 Å². The van der Waals surface area contributed by atoms with E-state index in [0.29, 0.717) is 22.9 Å². The third kappa shape index (κ3) is 2.31. The summed E-state index contributed by atoms with van der Waals surface area (Å²) in [5.41, 5.74) is 3.21. The number of ether oxygens (including phenoxy) is 1. The first-order valence-electron chi connectivity index (χ1n) is 5.77. The van der Waals surface area contributed by atoms with Crippen LogP contribution in [0.1, 0.15) is 11.1 Å². The number of rotatable bonds is 1. The van der Waals surface area contributed by atoms with Crippen LogP contribution in [0.15, 0.2) is 47.5 Å². The predicted molar refractivity (Wildman–Crippen MR) is 74.3 cm³/mol. The minimum atomic E-state index is 0.402. The van der Waals surface area contributed by atoms with Gasteiger partial charge in [0.05, 0.1) is 17.3 Å². The van der Waals surface area contributed by atoms with Gasteiger partial charge >= 0.3 is 0 Å². The molecule has 0 aliphatic carbocycles. The van der Waals surface area contributed by atoms with Gasteiger partial charge in [-0.2, -0.15) is 5.26 Å². The fourth-order valence-corrected chi connectivity index (χ4v) is 2.07. The first kappa shape index (κ1) is 11.8. The largest absolute Gasteiger partial charge is 0.485 e. The molecule has 0 N–H and O–H groups in total. The van der Waals surface area contributed by atoms with Crippen molar-refractivity contribution in [1.82, 2.24) is 0 Å². The lowest BCUT2D eigenvalue weighted by Crippen LogP contribution is -2.16. The minimum absolute atomic E-state index is 0.402. The van der Waals surface area contributed by atoms with Crippen LogP contribution in [0.3, 0.4) is 0 Å². The Morgan fingerprint density at radius 2 is 1.95 bits per heavy atom. The fraction of sp³-hybridized carbons (Fsp3) is 0.0667. The average Bonchev–Trinajstić information content (AvgIpc) is 2.47. The van der Waals surface area contributed by atoms with Crippen LogP contribution in [-0.4, -0.2) is 12.3 Å². The number of fused-ring (bicyclic) bond motifs is 1. The van der Waals surface area contributed by atoms with Gasteiger partial charge in [0.1, 0.15) is 18.0 Å². The van der Waals surface area contributed by atoms with Crippen LogP contribution in [-0.2, 0) is 0 Å². The number of benzene rings is 2. The van der Waals surface area contributed by atoms with Crippen molar-refractivity contribution >= 4 is 23.0 Å². The van der Waals surface area contributed by atoms with Crippen LogP contribution in [0, 0.1) is 11.3 Å². The van der Waals surface area contributed by atoms with Crippen molar-refractivity contribution in [2.45, 2.75) is 0 Å². The summed E-state index contributed by atoms with van der Waals surface area (Å²) in [6.07, 6.45) is 0. The molecule has 0 amide bonds. The third-order valence-electron chi connectivity index (χ3n) is 2.89. The zero-order valence-corrected chi connectivity index (χ0v) is 10.7. The monoisotopic (exact) mass is 268 g/mol. The topological polar surface area (TPSA) is 45.4 Å². The summed E-state index contributed by atoms with van der Waals surface area (Å²) in [5, 5.41) is 9.41. The Bertz CT molecular complexity index is 699. The predicted octanol–water partition coefficient (Wildman–Crippen LogP) is 3.72. The molecule has 0 saturated heterocycles. The highest BCUT2D eigenvalue weighted by Crippen LogP contribution is 2.33. The zero-order valence-electron chi connectivity index (χ0n) is 9.93. The smallest absolute Gasteiger partial charge is 0.146 e. The van der Waals surface area contributed by atoms with Crippen LogP contribution in [0.25, 0.3) is 0 Å². The Labute approximate surface area is 115 Å². The first-order valence-corrected chi connectivity index (χ1v) is 6.14. The molecule has 1 aliphatic rings. The molecule has 92 valence electrons. The molecular weight excluding hydrogens is 260 g/mol.